The lowest BCUT2D eigenvalue weighted by Gasteiger charge is -2.07. The van der Waals surface area contributed by atoms with Crippen LogP contribution in [-0.2, 0) is 13.5 Å². The molecule has 1 aromatic carbocycles. The zero-order valence-electron chi connectivity index (χ0n) is 12.5. The summed E-state index contributed by atoms with van der Waals surface area (Å²) >= 11 is 5.88. The van der Waals surface area contributed by atoms with Crippen molar-refractivity contribution in [1.29, 1.82) is 0 Å². The van der Waals surface area contributed by atoms with Gasteiger partial charge in [0, 0.05) is 18.2 Å². The first-order valence-electron chi connectivity index (χ1n) is 7.32. The summed E-state index contributed by atoms with van der Waals surface area (Å²) < 4.78 is 15.9. The van der Waals surface area contributed by atoms with E-state index in [9.17, 15) is 4.39 Å². The molecule has 0 bridgehead atoms. The van der Waals surface area contributed by atoms with Crippen LogP contribution in [0.3, 0.4) is 0 Å². The highest BCUT2D eigenvalue weighted by atomic mass is 35.5. The van der Waals surface area contributed by atoms with Gasteiger partial charge >= 0.3 is 0 Å². The van der Waals surface area contributed by atoms with Crippen molar-refractivity contribution in [2.75, 3.05) is 5.73 Å². The van der Waals surface area contributed by atoms with Crippen molar-refractivity contribution in [3.05, 3.63) is 34.7 Å². The summed E-state index contributed by atoms with van der Waals surface area (Å²) in [6, 6.07) is 4.96. The predicted octanol–water partition coefficient (Wildman–Crippen LogP) is 4.58. The van der Waals surface area contributed by atoms with E-state index in [4.69, 9.17) is 17.3 Å². The molecule has 0 unspecified atom stereocenters. The Hall–Kier alpha value is -1.55. The molecule has 0 radical (unpaired) electrons. The van der Waals surface area contributed by atoms with Gasteiger partial charge in [-0.2, -0.15) is 5.10 Å². The Labute approximate surface area is 129 Å². The first-order valence-corrected chi connectivity index (χ1v) is 7.69. The molecule has 21 heavy (non-hydrogen) atoms. The van der Waals surface area contributed by atoms with Gasteiger partial charge in [-0.25, -0.2) is 4.39 Å². The maximum absolute atomic E-state index is 14.3. The van der Waals surface area contributed by atoms with E-state index in [1.165, 1.54) is 18.9 Å². The van der Waals surface area contributed by atoms with Crippen molar-refractivity contribution in [2.24, 2.45) is 7.05 Å². The van der Waals surface area contributed by atoms with Crippen LogP contribution in [0.4, 0.5) is 10.2 Å². The third kappa shape index (κ3) is 3.38. The average molecular weight is 310 g/mol. The second kappa shape index (κ2) is 6.94. The van der Waals surface area contributed by atoms with E-state index in [1.807, 2.05) is 0 Å². The molecule has 3 nitrogen and oxygen atoms in total. The van der Waals surface area contributed by atoms with Crippen LogP contribution >= 0.6 is 11.6 Å². The van der Waals surface area contributed by atoms with Gasteiger partial charge in [-0.15, -0.1) is 0 Å². The van der Waals surface area contributed by atoms with E-state index in [0.29, 0.717) is 16.9 Å². The predicted molar refractivity (Wildman–Crippen MR) is 85.9 cm³/mol. The molecule has 0 aliphatic carbocycles. The molecular weight excluding hydrogens is 289 g/mol. The van der Waals surface area contributed by atoms with Crippen LogP contribution in [-0.4, -0.2) is 9.78 Å². The Kier molecular flexibility index (Phi) is 5.23. The van der Waals surface area contributed by atoms with Gasteiger partial charge in [0.15, 0.2) is 0 Å². The fraction of sp³-hybridized carbons (Fsp3) is 0.438. The second-order valence-corrected chi connectivity index (χ2v) is 5.65. The summed E-state index contributed by atoms with van der Waals surface area (Å²) in [5, 5.41) is 4.54. The lowest BCUT2D eigenvalue weighted by Crippen LogP contribution is -1.98. The molecule has 0 aliphatic rings. The summed E-state index contributed by atoms with van der Waals surface area (Å²) in [6.45, 7) is 2.17. The topological polar surface area (TPSA) is 43.8 Å². The van der Waals surface area contributed by atoms with Gasteiger partial charge < -0.3 is 5.73 Å². The number of nitrogen functional groups attached to an aromatic ring is 1. The van der Waals surface area contributed by atoms with Crippen LogP contribution in [0.25, 0.3) is 11.1 Å². The molecule has 0 fully saturated rings. The fourth-order valence-corrected chi connectivity index (χ4v) is 2.65. The summed E-state index contributed by atoms with van der Waals surface area (Å²) in [5.41, 5.74) is 8.02. The van der Waals surface area contributed by atoms with Gasteiger partial charge in [0.2, 0.25) is 0 Å². The Bertz CT molecular complexity index is 622. The monoisotopic (exact) mass is 309 g/mol. The van der Waals surface area contributed by atoms with Gasteiger partial charge in [-0.1, -0.05) is 49.9 Å². The summed E-state index contributed by atoms with van der Waals surface area (Å²) in [5.74, 6) is 0.0373. The van der Waals surface area contributed by atoms with Crippen molar-refractivity contribution in [3.63, 3.8) is 0 Å². The lowest BCUT2D eigenvalue weighted by molar-refractivity contribution is 0.630. The fourth-order valence-electron chi connectivity index (χ4n) is 2.48. The molecule has 2 N–H and O–H groups in total. The van der Waals surface area contributed by atoms with Crippen molar-refractivity contribution >= 4 is 17.4 Å². The number of unbranched alkanes of at least 4 members (excludes halogenated alkanes) is 3. The van der Waals surface area contributed by atoms with E-state index >= 15 is 0 Å². The number of benzene rings is 1. The summed E-state index contributed by atoms with van der Waals surface area (Å²) in [6.07, 6.45) is 5.35. The van der Waals surface area contributed by atoms with E-state index in [1.54, 1.807) is 23.9 Å². The molecular formula is C16H21ClFN3. The smallest absolute Gasteiger partial charge is 0.149 e. The second-order valence-electron chi connectivity index (χ2n) is 5.24. The number of anilines is 1. The molecule has 1 aromatic heterocycles. The minimum atomic E-state index is -0.436. The van der Waals surface area contributed by atoms with Crippen LogP contribution in [0.5, 0.6) is 0 Å². The highest BCUT2D eigenvalue weighted by molar-refractivity contribution is 6.31. The number of nitrogens with zero attached hydrogens (tertiary/aromatic N) is 2. The Morgan fingerprint density at radius 3 is 2.76 bits per heavy atom. The molecule has 1 heterocycles. The summed E-state index contributed by atoms with van der Waals surface area (Å²) in [7, 11) is 1.77. The van der Waals surface area contributed by atoms with E-state index < -0.39 is 5.82 Å². The number of rotatable bonds is 6. The molecule has 2 rings (SSSR count). The Balaban J connectivity index is 2.36. The van der Waals surface area contributed by atoms with Crippen molar-refractivity contribution in [1.82, 2.24) is 9.78 Å². The number of aromatic nitrogens is 2. The number of nitrogens with two attached hydrogens (primary N) is 1. The Morgan fingerprint density at radius 2 is 2.05 bits per heavy atom. The molecule has 0 saturated carbocycles. The first-order chi connectivity index (χ1) is 10.1. The molecule has 0 saturated heterocycles. The largest absolute Gasteiger partial charge is 0.383 e. The highest BCUT2D eigenvalue weighted by Crippen LogP contribution is 2.34. The number of aryl methyl sites for hydroxylation is 2. The van der Waals surface area contributed by atoms with Crippen LogP contribution in [0.15, 0.2) is 18.2 Å². The number of hydrogen-bond donors (Lipinski definition) is 1. The standard InChI is InChI=1S/C16H21ClFN3/c1-3-4-5-6-10-13-14(16(19)21(2)20-13)11-8-7-9-12(17)15(11)18/h7-9H,3-6,10,19H2,1-2H3. The van der Waals surface area contributed by atoms with Gasteiger partial charge in [0.25, 0.3) is 0 Å². The van der Waals surface area contributed by atoms with Gasteiger partial charge in [-0.05, 0) is 18.9 Å². The molecule has 5 heteroatoms. The molecule has 0 atom stereocenters. The zero-order chi connectivity index (χ0) is 15.4. The number of halogens is 2. The van der Waals surface area contributed by atoms with Crippen LogP contribution in [0.1, 0.15) is 38.3 Å². The molecule has 0 aliphatic heterocycles. The van der Waals surface area contributed by atoms with Gasteiger partial charge in [-0.3, -0.25) is 4.68 Å². The number of hydrogen-bond acceptors (Lipinski definition) is 2. The SMILES string of the molecule is CCCCCCc1nn(C)c(N)c1-c1cccc(Cl)c1F. The lowest BCUT2D eigenvalue weighted by atomic mass is 10.0. The van der Waals surface area contributed by atoms with E-state index in [-0.39, 0.29) is 5.02 Å². The van der Waals surface area contributed by atoms with Crippen molar-refractivity contribution < 1.29 is 4.39 Å². The Morgan fingerprint density at radius 1 is 1.29 bits per heavy atom. The van der Waals surface area contributed by atoms with Gasteiger partial charge in [0.05, 0.1) is 10.7 Å². The van der Waals surface area contributed by atoms with Crippen molar-refractivity contribution in [2.45, 2.75) is 39.0 Å². The summed E-state index contributed by atoms with van der Waals surface area (Å²) in [4.78, 5) is 0. The van der Waals surface area contributed by atoms with Crippen LogP contribution < -0.4 is 5.73 Å². The van der Waals surface area contributed by atoms with Gasteiger partial charge in [0.1, 0.15) is 11.6 Å². The van der Waals surface area contributed by atoms with Crippen molar-refractivity contribution in [3.8, 4) is 11.1 Å². The minimum absolute atomic E-state index is 0.104. The maximum atomic E-state index is 14.3. The normalized spacial score (nSPS) is 11.0. The van der Waals surface area contributed by atoms with E-state index in [0.717, 1.165) is 25.0 Å². The molecule has 0 spiro atoms. The first kappa shape index (κ1) is 15.8. The quantitative estimate of drug-likeness (QED) is 0.793. The third-order valence-electron chi connectivity index (χ3n) is 3.65. The zero-order valence-corrected chi connectivity index (χ0v) is 13.3. The highest BCUT2D eigenvalue weighted by Gasteiger charge is 2.19. The maximum Gasteiger partial charge on any atom is 0.149 e. The molecule has 2 aromatic rings. The molecule has 114 valence electrons. The van der Waals surface area contributed by atoms with E-state index in [2.05, 4.69) is 12.0 Å². The average Bonchev–Trinajstić information content (AvgIpc) is 2.74. The van der Waals surface area contributed by atoms with Crippen LogP contribution in [0.2, 0.25) is 5.02 Å². The third-order valence-corrected chi connectivity index (χ3v) is 3.94. The van der Waals surface area contributed by atoms with Crippen LogP contribution in [0, 0.1) is 5.82 Å². The minimum Gasteiger partial charge on any atom is -0.383 e. The molecule has 0 amide bonds.